The molecule has 1 spiro atoms. The van der Waals surface area contributed by atoms with E-state index in [1.165, 1.54) is 0 Å². The molecule has 48 heavy (non-hydrogen) atoms. The summed E-state index contributed by atoms with van der Waals surface area (Å²) in [5.41, 5.74) is 0.477. The van der Waals surface area contributed by atoms with E-state index >= 15 is 4.79 Å². The van der Waals surface area contributed by atoms with Crippen LogP contribution in [-0.4, -0.2) is 83.9 Å². The molecule has 6 atom stereocenters. The number of hydrogen-bond acceptors (Lipinski definition) is 7. The van der Waals surface area contributed by atoms with Crippen LogP contribution in [0.25, 0.3) is 0 Å². The Labute approximate surface area is 285 Å². The van der Waals surface area contributed by atoms with E-state index in [1.807, 2.05) is 61.5 Å². The average molecular weight is 658 g/mol. The number of unbranched alkanes of at least 4 members (excludes halogenated alkanes) is 1. The monoisotopic (exact) mass is 657 g/mol. The van der Waals surface area contributed by atoms with Crippen molar-refractivity contribution in [2.75, 3.05) is 42.6 Å². The van der Waals surface area contributed by atoms with Crippen molar-refractivity contribution in [3.05, 3.63) is 85.5 Å². The first-order valence-corrected chi connectivity index (χ1v) is 17.5. The summed E-state index contributed by atoms with van der Waals surface area (Å²) in [5.74, 6) is -2.90. The summed E-state index contributed by atoms with van der Waals surface area (Å²) in [4.78, 5) is 49.3. The molecule has 3 aliphatic rings. The van der Waals surface area contributed by atoms with Crippen molar-refractivity contribution in [3.8, 4) is 0 Å². The predicted octanol–water partition coefficient (Wildman–Crippen LogP) is 5.32. The Balaban J connectivity index is 1.58. The lowest BCUT2D eigenvalue weighted by Crippen LogP contribution is -2.59. The zero-order chi connectivity index (χ0) is 34.5. The van der Waals surface area contributed by atoms with Gasteiger partial charge in [0, 0.05) is 31.0 Å². The quantitative estimate of drug-likeness (QED) is 0.140. The number of aliphatic hydroxyl groups excluding tert-OH is 1. The van der Waals surface area contributed by atoms with Crippen LogP contribution in [0, 0.1) is 11.8 Å². The molecule has 5 rings (SSSR count). The Morgan fingerprint density at radius 1 is 1.04 bits per heavy atom. The molecular weight excluding hydrogens is 606 g/mol. The van der Waals surface area contributed by atoms with Gasteiger partial charge in [0.15, 0.2) is 0 Å². The van der Waals surface area contributed by atoms with Gasteiger partial charge in [0.1, 0.15) is 17.6 Å². The van der Waals surface area contributed by atoms with E-state index in [-0.39, 0.29) is 31.6 Å². The Bertz CT molecular complexity index is 1460. The number of hydrogen-bond donors (Lipinski definition) is 1. The molecule has 0 aromatic heterocycles. The molecule has 9 nitrogen and oxygen atoms in total. The zero-order valence-electron chi connectivity index (χ0n) is 28.7. The van der Waals surface area contributed by atoms with Crippen molar-refractivity contribution in [1.29, 1.82) is 0 Å². The Morgan fingerprint density at radius 2 is 1.73 bits per heavy atom. The maximum Gasteiger partial charge on any atom is 0.312 e. The van der Waals surface area contributed by atoms with Crippen LogP contribution in [-0.2, 0) is 30.3 Å². The van der Waals surface area contributed by atoms with Gasteiger partial charge in [0.25, 0.3) is 5.91 Å². The van der Waals surface area contributed by atoms with Crippen LogP contribution < -0.4 is 9.80 Å². The van der Waals surface area contributed by atoms with E-state index in [2.05, 4.69) is 31.9 Å². The van der Waals surface area contributed by atoms with Gasteiger partial charge in [-0.3, -0.25) is 14.4 Å². The van der Waals surface area contributed by atoms with Crippen molar-refractivity contribution in [1.82, 2.24) is 4.90 Å². The summed E-state index contributed by atoms with van der Waals surface area (Å²) in [6, 6.07) is 15.7. The van der Waals surface area contributed by atoms with E-state index in [0.29, 0.717) is 44.2 Å². The number of nitrogens with zero attached hydrogens (tertiary/aromatic N) is 3. The van der Waals surface area contributed by atoms with Crippen LogP contribution in [0.3, 0.4) is 0 Å². The summed E-state index contributed by atoms with van der Waals surface area (Å²) in [7, 11) is 0. The topological polar surface area (TPSA) is 99.6 Å². The largest absolute Gasteiger partial charge is 0.465 e. The molecule has 1 N–H and O–H groups in total. The second kappa shape index (κ2) is 15.1. The van der Waals surface area contributed by atoms with E-state index in [0.717, 1.165) is 24.3 Å². The summed E-state index contributed by atoms with van der Waals surface area (Å²) in [6.45, 7) is 15.6. The standard InChI is InChI=1S/C39H51N3O6/c1-6-11-15-25-47-37(46)33-32-35(44)42(31(27-43)26-28-16-13-12-14-17-28)34(39(32)23-22-38(33,8-3)48-39)36(45)41(24-7-2)30-20-18-29(19-21-30)40(9-4)10-5/h6-7,12-14,16-21,31-34,43H,1-2,8-11,15,22-27H2,3-5H3/t31-,32+,33-,34?,38+,39?/m1/s1. The Kier molecular flexibility index (Phi) is 11.1. The molecule has 3 fully saturated rings. The maximum absolute atomic E-state index is 15.1. The van der Waals surface area contributed by atoms with Crippen LogP contribution in [0.15, 0.2) is 79.9 Å². The molecule has 3 saturated heterocycles. The van der Waals surface area contributed by atoms with E-state index in [9.17, 15) is 14.7 Å². The van der Waals surface area contributed by atoms with Crippen molar-refractivity contribution in [2.45, 2.75) is 82.6 Å². The number of ether oxygens (including phenoxy) is 2. The van der Waals surface area contributed by atoms with Gasteiger partial charge in [-0.1, -0.05) is 49.4 Å². The van der Waals surface area contributed by atoms with E-state index < -0.39 is 41.1 Å². The minimum atomic E-state index is -1.25. The maximum atomic E-state index is 15.1. The number of esters is 1. The lowest BCUT2D eigenvalue weighted by molar-refractivity contribution is -0.162. The number of rotatable bonds is 17. The van der Waals surface area contributed by atoms with Crippen LogP contribution in [0.5, 0.6) is 0 Å². The number of allylic oxidation sites excluding steroid dienone is 1. The fraction of sp³-hybridized carbons (Fsp3) is 0.513. The van der Waals surface area contributed by atoms with Crippen molar-refractivity contribution < 1.29 is 29.0 Å². The van der Waals surface area contributed by atoms with Crippen LogP contribution in [0.4, 0.5) is 11.4 Å². The van der Waals surface area contributed by atoms with Gasteiger partial charge in [-0.15, -0.1) is 13.2 Å². The summed E-state index contributed by atoms with van der Waals surface area (Å²) >= 11 is 0. The molecule has 2 bridgehead atoms. The minimum Gasteiger partial charge on any atom is -0.465 e. The second-order valence-corrected chi connectivity index (χ2v) is 13.1. The minimum absolute atomic E-state index is 0.207. The molecule has 0 aliphatic carbocycles. The molecule has 258 valence electrons. The van der Waals surface area contributed by atoms with Gasteiger partial charge in [0.2, 0.25) is 5.91 Å². The van der Waals surface area contributed by atoms with Gasteiger partial charge >= 0.3 is 5.97 Å². The molecule has 9 heteroatoms. The highest BCUT2D eigenvalue weighted by Crippen LogP contribution is 2.65. The smallest absolute Gasteiger partial charge is 0.312 e. The molecule has 2 amide bonds. The SMILES string of the molecule is C=CCCCOC(=O)[C@H]1[C@H]2C(=O)N([C@@H](CO)Cc3ccccc3)C(C(=O)N(CC=C)c3ccc(N(CC)CC)cc3)C23CC[C@]1(CC)O3. The lowest BCUT2D eigenvalue weighted by atomic mass is 9.65. The summed E-state index contributed by atoms with van der Waals surface area (Å²) in [6.07, 6.45) is 6.59. The highest BCUT2D eigenvalue weighted by atomic mass is 16.6. The molecule has 0 radical (unpaired) electrons. The highest BCUT2D eigenvalue weighted by molar-refractivity contribution is 6.05. The van der Waals surface area contributed by atoms with E-state index in [4.69, 9.17) is 9.47 Å². The van der Waals surface area contributed by atoms with Gasteiger partial charge in [-0.25, -0.2) is 0 Å². The third kappa shape index (κ3) is 6.18. The number of fused-ring (bicyclic) bond motifs is 1. The van der Waals surface area contributed by atoms with Gasteiger partial charge in [-0.05, 0) is 82.2 Å². The number of likely N-dealkylation sites (tertiary alicyclic amines) is 1. The lowest BCUT2D eigenvalue weighted by Gasteiger charge is -2.39. The highest BCUT2D eigenvalue weighted by Gasteiger charge is 2.79. The molecule has 2 unspecified atom stereocenters. The van der Waals surface area contributed by atoms with E-state index in [1.54, 1.807) is 22.0 Å². The van der Waals surface area contributed by atoms with Gasteiger partial charge < -0.3 is 29.3 Å². The number of benzene rings is 2. The van der Waals surface area contributed by atoms with Crippen molar-refractivity contribution >= 4 is 29.2 Å². The number of amides is 2. The predicted molar refractivity (Wildman–Crippen MR) is 188 cm³/mol. The van der Waals surface area contributed by atoms with Crippen LogP contribution >= 0.6 is 0 Å². The summed E-state index contributed by atoms with van der Waals surface area (Å²) in [5, 5.41) is 10.8. The normalized spacial score (nSPS) is 26.2. The first-order chi connectivity index (χ1) is 23.2. The first-order valence-electron chi connectivity index (χ1n) is 17.5. The summed E-state index contributed by atoms with van der Waals surface area (Å²) < 4.78 is 12.7. The van der Waals surface area contributed by atoms with Gasteiger partial charge in [-0.2, -0.15) is 0 Å². The zero-order valence-corrected chi connectivity index (χ0v) is 28.7. The molecule has 0 saturated carbocycles. The Morgan fingerprint density at radius 3 is 2.33 bits per heavy atom. The molecule has 3 heterocycles. The van der Waals surface area contributed by atoms with Crippen molar-refractivity contribution in [3.63, 3.8) is 0 Å². The number of anilines is 2. The fourth-order valence-electron chi connectivity index (χ4n) is 8.35. The molecule has 2 aromatic rings. The molecule has 3 aliphatic heterocycles. The van der Waals surface area contributed by atoms with Crippen LogP contribution in [0.1, 0.15) is 58.4 Å². The number of carbonyl (C=O) groups excluding carboxylic acids is 3. The third-order valence-corrected chi connectivity index (χ3v) is 10.7. The average Bonchev–Trinajstić information content (AvgIpc) is 3.72. The third-order valence-electron chi connectivity index (χ3n) is 10.7. The fourth-order valence-corrected chi connectivity index (χ4v) is 8.35. The Hall–Kier alpha value is -3.95. The van der Waals surface area contributed by atoms with Crippen LogP contribution in [0.2, 0.25) is 0 Å². The number of aliphatic hydroxyl groups is 1. The second-order valence-electron chi connectivity index (χ2n) is 13.1. The van der Waals surface area contributed by atoms with Gasteiger partial charge in [0.05, 0.1) is 30.8 Å². The van der Waals surface area contributed by atoms with Crippen molar-refractivity contribution in [2.24, 2.45) is 11.8 Å². The molecular formula is C39H51N3O6. The molecule has 2 aromatic carbocycles. The number of carbonyl (C=O) groups is 3. The first kappa shape index (κ1) is 35.4.